The summed E-state index contributed by atoms with van der Waals surface area (Å²) in [6.07, 6.45) is 10.1. The highest BCUT2D eigenvalue weighted by Gasteiger charge is 2.32. The van der Waals surface area contributed by atoms with Gasteiger partial charge in [-0.1, -0.05) is 23.8 Å². The van der Waals surface area contributed by atoms with Gasteiger partial charge in [-0.05, 0) is 62.3 Å². The van der Waals surface area contributed by atoms with Gasteiger partial charge in [-0.15, -0.1) is 0 Å². The molecule has 1 fully saturated rings. The predicted octanol–water partition coefficient (Wildman–Crippen LogP) is 3.20. The second-order valence-electron chi connectivity index (χ2n) is 6.93. The summed E-state index contributed by atoms with van der Waals surface area (Å²) in [5.41, 5.74) is 2.61. The van der Waals surface area contributed by atoms with Crippen LogP contribution in [0.15, 0.2) is 46.4 Å². The van der Waals surface area contributed by atoms with Crippen molar-refractivity contribution in [3.63, 3.8) is 0 Å². The molecule has 146 valence electrons. The first-order valence-corrected chi connectivity index (χ1v) is 11.0. The summed E-state index contributed by atoms with van der Waals surface area (Å²) < 4.78 is 26.8. The summed E-state index contributed by atoms with van der Waals surface area (Å²) >= 11 is 5.83. The van der Waals surface area contributed by atoms with Crippen LogP contribution in [0.1, 0.15) is 32.1 Å². The van der Waals surface area contributed by atoms with Gasteiger partial charge in [0.25, 0.3) is 0 Å². The van der Waals surface area contributed by atoms with Crippen molar-refractivity contribution in [2.45, 2.75) is 37.0 Å². The summed E-state index contributed by atoms with van der Waals surface area (Å²) in [7, 11) is -3.55. The average Bonchev–Trinajstić information content (AvgIpc) is 2.69. The minimum Gasteiger partial charge on any atom is -0.273 e. The molecule has 1 saturated heterocycles. The summed E-state index contributed by atoms with van der Waals surface area (Å²) in [5.74, 6) is 0.0212. The number of hydrogen-bond acceptors (Lipinski definition) is 4. The van der Waals surface area contributed by atoms with Crippen LogP contribution in [0.25, 0.3) is 0 Å². The van der Waals surface area contributed by atoms with Crippen LogP contribution in [-0.2, 0) is 14.8 Å². The standard InChI is InChI=1S/C19H24ClN3O3S/c20-17-6-8-18(9-7-17)27(25,26)23-12-10-16(11-13-23)19(24)22-21-14-15-4-2-1-3-5-15/h1-2,6-9,14-16H,3-5,10-13H2,(H,22,24)/b21-14+. The Morgan fingerprint density at radius 3 is 2.48 bits per heavy atom. The first kappa shape index (κ1) is 20.0. The molecule has 1 amide bonds. The van der Waals surface area contributed by atoms with Crippen molar-refractivity contribution in [1.82, 2.24) is 9.73 Å². The number of benzene rings is 1. The highest BCUT2D eigenvalue weighted by atomic mass is 35.5. The Balaban J connectivity index is 1.50. The molecule has 6 nitrogen and oxygen atoms in total. The van der Waals surface area contributed by atoms with Crippen molar-refractivity contribution in [1.29, 1.82) is 0 Å². The summed E-state index contributed by atoms with van der Waals surface area (Å²) in [5, 5.41) is 4.59. The van der Waals surface area contributed by atoms with E-state index in [2.05, 4.69) is 22.7 Å². The maximum atomic E-state index is 12.7. The number of rotatable bonds is 5. The quantitative estimate of drug-likeness (QED) is 0.460. The highest BCUT2D eigenvalue weighted by molar-refractivity contribution is 7.89. The van der Waals surface area contributed by atoms with E-state index >= 15 is 0 Å². The second-order valence-corrected chi connectivity index (χ2v) is 9.31. The lowest BCUT2D eigenvalue weighted by molar-refractivity contribution is -0.126. The molecule has 1 aromatic carbocycles. The number of hydrazone groups is 1. The van der Waals surface area contributed by atoms with Gasteiger partial charge in [-0.3, -0.25) is 4.79 Å². The Kier molecular flexibility index (Phi) is 6.68. The Labute approximate surface area is 165 Å². The number of sulfonamides is 1. The molecule has 1 heterocycles. The number of piperidine rings is 1. The number of amides is 1. The van der Waals surface area contributed by atoms with E-state index in [1.165, 1.54) is 16.4 Å². The summed E-state index contributed by atoms with van der Waals surface area (Å²) in [6, 6.07) is 6.14. The SMILES string of the molecule is O=C(N/N=C/C1CC=CCC1)C1CCN(S(=O)(=O)c2ccc(Cl)cc2)CC1. The van der Waals surface area contributed by atoms with E-state index in [1.807, 2.05) is 6.21 Å². The van der Waals surface area contributed by atoms with Gasteiger partial charge in [0.1, 0.15) is 0 Å². The third-order valence-electron chi connectivity index (χ3n) is 5.05. The normalized spacial score (nSPS) is 22.2. The zero-order chi connectivity index (χ0) is 19.3. The third-order valence-corrected chi connectivity index (χ3v) is 7.21. The van der Waals surface area contributed by atoms with Crippen molar-refractivity contribution in [2.75, 3.05) is 13.1 Å². The van der Waals surface area contributed by atoms with Crippen molar-refractivity contribution < 1.29 is 13.2 Å². The molecule has 0 bridgehead atoms. The van der Waals surface area contributed by atoms with E-state index in [9.17, 15) is 13.2 Å². The third kappa shape index (κ3) is 5.18. The van der Waals surface area contributed by atoms with Gasteiger partial charge in [0.05, 0.1) is 4.90 Å². The first-order valence-electron chi connectivity index (χ1n) is 9.20. The lowest BCUT2D eigenvalue weighted by Gasteiger charge is -2.30. The Hall–Kier alpha value is -1.70. The van der Waals surface area contributed by atoms with Crippen molar-refractivity contribution in [3.05, 3.63) is 41.4 Å². The molecule has 1 N–H and O–H groups in total. The van der Waals surface area contributed by atoms with Crippen LogP contribution >= 0.6 is 11.6 Å². The van der Waals surface area contributed by atoms with Crippen LogP contribution in [0.5, 0.6) is 0 Å². The van der Waals surface area contributed by atoms with Crippen molar-refractivity contribution in [2.24, 2.45) is 16.9 Å². The van der Waals surface area contributed by atoms with Gasteiger partial charge in [-0.25, -0.2) is 13.8 Å². The number of carbonyl (C=O) groups is 1. The van der Waals surface area contributed by atoms with Gasteiger partial charge >= 0.3 is 0 Å². The average molecular weight is 410 g/mol. The van der Waals surface area contributed by atoms with Crippen LogP contribution in [0.2, 0.25) is 5.02 Å². The van der Waals surface area contributed by atoms with Gasteiger partial charge in [0, 0.05) is 30.2 Å². The largest absolute Gasteiger partial charge is 0.273 e. The molecule has 0 radical (unpaired) electrons. The molecule has 0 saturated carbocycles. The number of carbonyl (C=O) groups excluding carboxylic acids is 1. The van der Waals surface area contributed by atoms with E-state index < -0.39 is 10.0 Å². The van der Waals surface area contributed by atoms with Crippen LogP contribution in [0.3, 0.4) is 0 Å². The van der Waals surface area contributed by atoms with Gasteiger partial charge in [0.2, 0.25) is 15.9 Å². The maximum absolute atomic E-state index is 12.7. The van der Waals surface area contributed by atoms with Crippen molar-refractivity contribution >= 4 is 33.7 Å². The van der Waals surface area contributed by atoms with E-state index in [0.29, 0.717) is 36.9 Å². The zero-order valence-electron chi connectivity index (χ0n) is 15.1. The van der Waals surface area contributed by atoms with Gasteiger partial charge in [-0.2, -0.15) is 9.41 Å². The molecular formula is C19H24ClN3O3S. The maximum Gasteiger partial charge on any atom is 0.243 e. The zero-order valence-corrected chi connectivity index (χ0v) is 16.6. The fourth-order valence-electron chi connectivity index (χ4n) is 3.36. The smallest absolute Gasteiger partial charge is 0.243 e. The number of hydrogen-bond donors (Lipinski definition) is 1. The number of allylic oxidation sites excluding steroid dienone is 2. The van der Waals surface area contributed by atoms with E-state index in [-0.39, 0.29) is 16.7 Å². The molecule has 1 aliphatic carbocycles. The predicted molar refractivity (Wildman–Crippen MR) is 106 cm³/mol. The molecule has 1 atom stereocenters. The highest BCUT2D eigenvalue weighted by Crippen LogP contribution is 2.25. The Morgan fingerprint density at radius 1 is 1.15 bits per heavy atom. The summed E-state index contributed by atoms with van der Waals surface area (Å²) in [4.78, 5) is 12.5. The second kappa shape index (κ2) is 8.99. The summed E-state index contributed by atoms with van der Waals surface area (Å²) in [6.45, 7) is 0.639. The lowest BCUT2D eigenvalue weighted by atomic mass is 9.96. The van der Waals surface area contributed by atoms with E-state index in [0.717, 1.165) is 19.3 Å². The van der Waals surface area contributed by atoms with Crippen LogP contribution in [0, 0.1) is 11.8 Å². The lowest BCUT2D eigenvalue weighted by Crippen LogP contribution is -2.42. The van der Waals surface area contributed by atoms with E-state index in [1.54, 1.807) is 12.1 Å². The minimum atomic E-state index is -3.55. The van der Waals surface area contributed by atoms with Crippen LogP contribution in [0.4, 0.5) is 0 Å². The topological polar surface area (TPSA) is 78.8 Å². The number of nitrogens with zero attached hydrogens (tertiary/aromatic N) is 2. The molecule has 27 heavy (non-hydrogen) atoms. The fourth-order valence-corrected chi connectivity index (χ4v) is 4.96. The van der Waals surface area contributed by atoms with Crippen LogP contribution < -0.4 is 5.43 Å². The van der Waals surface area contributed by atoms with Crippen molar-refractivity contribution in [3.8, 4) is 0 Å². The molecule has 3 rings (SSSR count). The number of nitrogens with one attached hydrogen (secondary N) is 1. The van der Waals surface area contributed by atoms with Gasteiger partial charge < -0.3 is 0 Å². The molecule has 0 aromatic heterocycles. The molecule has 1 unspecified atom stereocenters. The monoisotopic (exact) mass is 409 g/mol. The molecule has 2 aliphatic rings. The minimum absolute atomic E-state index is 0.138. The molecule has 0 spiro atoms. The molecular weight excluding hydrogens is 386 g/mol. The van der Waals surface area contributed by atoms with Gasteiger partial charge in [0.15, 0.2) is 0 Å². The van der Waals surface area contributed by atoms with Crippen LogP contribution in [-0.4, -0.2) is 37.9 Å². The first-order chi connectivity index (χ1) is 13.0. The Bertz CT molecular complexity index is 813. The number of halogens is 1. The molecule has 1 aliphatic heterocycles. The molecule has 8 heteroatoms. The van der Waals surface area contributed by atoms with E-state index in [4.69, 9.17) is 11.6 Å². The Morgan fingerprint density at radius 2 is 1.85 bits per heavy atom. The fraction of sp³-hybridized carbons (Fsp3) is 0.474. The molecule has 1 aromatic rings.